The van der Waals surface area contributed by atoms with E-state index < -0.39 is 0 Å². The predicted octanol–water partition coefficient (Wildman–Crippen LogP) is 4.69. The molecule has 0 radical (unpaired) electrons. The molecule has 21 heavy (non-hydrogen) atoms. The highest BCUT2D eigenvalue weighted by Crippen LogP contribution is 2.44. The van der Waals surface area contributed by atoms with Crippen LogP contribution >= 0.6 is 52.3 Å². The van der Waals surface area contributed by atoms with Crippen molar-refractivity contribution in [2.75, 3.05) is 26.2 Å². The van der Waals surface area contributed by atoms with Gasteiger partial charge in [0.15, 0.2) is 0 Å². The van der Waals surface area contributed by atoms with E-state index in [0.29, 0.717) is 6.04 Å². The smallest absolute Gasteiger partial charge is 0.0410 e. The Morgan fingerprint density at radius 2 is 1.86 bits per heavy atom. The summed E-state index contributed by atoms with van der Waals surface area (Å²) in [7, 11) is 0. The molecular formula is C15H22BrCl3N2. The zero-order valence-corrected chi connectivity index (χ0v) is 15.8. The molecule has 2 fully saturated rings. The van der Waals surface area contributed by atoms with Crippen molar-refractivity contribution in [3.63, 3.8) is 0 Å². The molecule has 1 heterocycles. The summed E-state index contributed by atoms with van der Waals surface area (Å²) >= 11 is 9.93. The third kappa shape index (κ3) is 4.49. The third-order valence-electron chi connectivity index (χ3n) is 4.42. The molecule has 2 aliphatic rings. The molecule has 0 unspecified atom stereocenters. The average Bonchev–Trinajstić information content (AvgIpc) is 2.38. The maximum Gasteiger partial charge on any atom is 0.0410 e. The molecule has 0 aromatic heterocycles. The molecule has 1 aliphatic heterocycles. The molecule has 1 aliphatic carbocycles. The van der Waals surface area contributed by atoms with Crippen LogP contribution in [0.1, 0.15) is 30.9 Å². The monoisotopic (exact) mass is 414 g/mol. The summed E-state index contributed by atoms with van der Waals surface area (Å²) in [6.07, 6.45) is 4.09. The fourth-order valence-corrected chi connectivity index (χ4v) is 3.87. The van der Waals surface area contributed by atoms with Gasteiger partial charge < -0.3 is 5.32 Å². The standard InChI is InChI=1S/C15H20BrClN2.2ClH/c16-14-5-4-12(17)10-13(14)15(11-2-1-3-11)19-8-6-18-7-9-19;;/h4-5,10-11,15,18H,1-3,6-9H2;2*1H/t15-;;/m1../s1. The Kier molecular flexibility index (Phi) is 8.33. The number of nitrogens with zero attached hydrogens (tertiary/aromatic N) is 1. The zero-order chi connectivity index (χ0) is 13.2. The molecule has 0 amide bonds. The lowest BCUT2D eigenvalue weighted by molar-refractivity contribution is 0.0832. The van der Waals surface area contributed by atoms with E-state index in [1.165, 1.54) is 29.3 Å². The van der Waals surface area contributed by atoms with Crippen molar-refractivity contribution >= 4 is 52.3 Å². The molecule has 1 saturated carbocycles. The highest BCUT2D eigenvalue weighted by atomic mass is 79.9. The highest BCUT2D eigenvalue weighted by Gasteiger charge is 2.34. The number of benzene rings is 1. The van der Waals surface area contributed by atoms with Gasteiger partial charge in [-0.05, 0) is 42.5 Å². The van der Waals surface area contributed by atoms with Crippen LogP contribution in [0.3, 0.4) is 0 Å². The summed E-state index contributed by atoms with van der Waals surface area (Å²) in [4.78, 5) is 2.64. The van der Waals surface area contributed by atoms with E-state index in [4.69, 9.17) is 11.6 Å². The minimum Gasteiger partial charge on any atom is -0.314 e. The number of hydrogen-bond acceptors (Lipinski definition) is 2. The number of rotatable bonds is 3. The van der Waals surface area contributed by atoms with Crippen molar-refractivity contribution in [1.29, 1.82) is 0 Å². The van der Waals surface area contributed by atoms with Crippen molar-refractivity contribution in [2.24, 2.45) is 5.92 Å². The van der Waals surface area contributed by atoms with Crippen LogP contribution in [0.25, 0.3) is 0 Å². The van der Waals surface area contributed by atoms with Crippen LogP contribution in [0.2, 0.25) is 5.02 Å². The topological polar surface area (TPSA) is 15.3 Å². The van der Waals surface area contributed by atoms with E-state index in [0.717, 1.165) is 37.1 Å². The minimum absolute atomic E-state index is 0. The Labute approximate surface area is 152 Å². The van der Waals surface area contributed by atoms with E-state index in [9.17, 15) is 0 Å². The maximum absolute atomic E-state index is 6.21. The van der Waals surface area contributed by atoms with E-state index in [1.54, 1.807) is 0 Å². The highest BCUT2D eigenvalue weighted by molar-refractivity contribution is 9.10. The normalized spacial score (nSPS) is 20.9. The third-order valence-corrected chi connectivity index (χ3v) is 5.38. The number of nitrogens with one attached hydrogen (secondary N) is 1. The van der Waals surface area contributed by atoms with Gasteiger partial charge in [-0.25, -0.2) is 0 Å². The summed E-state index contributed by atoms with van der Waals surface area (Å²) in [5.74, 6) is 0.799. The van der Waals surface area contributed by atoms with Crippen molar-refractivity contribution in [1.82, 2.24) is 10.2 Å². The zero-order valence-electron chi connectivity index (χ0n) is 11.9. The molecule has 0 spiro atoms. The first-order valence-corrected chi connectivity index (χ1v) is 8.32. The second kappa shape index (κ2) is 8.95. The predicted molar refractivity (Wildman–Crippen MR) is 98.2 cm³/mol. The fraction of sp³-hybridized carbons (Fsp3) is 0.600. The van der Waals surface area contributed by atoms with Crippen LogP contribution in [-0.4, -0.2) is 31.1 Å². The lowest BCUT2D eigenvalue weighted by Gasteiger charge is -2.43. The molecule has 1 aromatic rings. The first kappa shape index (κ1) is 19.5. The van der Waals surface area contributed by atoms with Crippen molar-refractivity contribution in [3.8, 4) is 0 Å². The molecule has 1 N–H and O–H groups in total. The quantitative estimate of drug-likeness (QED) is 0.769. The van der Waals surface area contributed by atoms with Crippen LogP contribution < -0.4 is 5.32 Å². The summed E-state index contributed by atoms with van der Waals surface area (Å²) in [5.41, 5.74) is 1.37. The molecular weight excluding hydrogens is 394 g/mol. The second-order valence-electron chi connectivity index (χ2n) is 5.59. The lowest BCUT2D eigenvalue weighted by Crippen LogP contribution is -2.47. The SMILES string of the molecule is Cl.Cl.Clc1ccc(Br)c([C@@H](C2CCC2)N2CCNCC2)c1. The molecule has 1 aromatic carbocycles. The van der Waals surface area contributed by atoms with Crippen molar-refractivity contribution < 1.29 is 0 Å². The Morgan fingerprint density at radius 1 is 1.19 bits per heavy atom. The number of hydrogen-bond donors (Lipinski definition) is 1. The largest absolute Gasteiger partial charge is 0.314 e. The Bertz CT molecular complexity index is 449. The van der Waals surface area contributed by atoms with Gasteiger partial charge in [-0.15, -0.1) is 24.8 Å². The maximum atomic E-state index is 6.21. The summed E-state index contributed by atoms with van der Waals surface area (Å²) < 4.78 is 1.20. The number of halogens is 4. The van der Waals surface area contributed by atoms with Gasteiger partial charge in [-0.3, -0.25) is 4.90 Å². The summed E-state index contributed by atoms with van der Waals surface area (Å²) in [6, 6.07) is 6.73. The van der Waals surface area contributed by atoms with Crippen molar-refractivity contribution in [3.05, 3.63) is 33.3 Å². The van der Waals surface area contributed by atoms with E-state index in [1.807, 2.05) is 6.07 Å². The Hall–Kier alpha value is 0.490. The minimum atomic E-state index is 0. The lowest BCUT2D eigenvalue weighted by atomic mass is 9.76. The summed E-state index contributed by atoms with van der Waals surface area (Å²) in [5, 5.41) is 4.29. The van der Waals surface area contributed by atoms with E-state index in [-0.39, 0.29) is 24.8 Å². The van der Waals surface area contributed by atoms with Gasteiger partial charge in [-0.2, -0.15) is 0 Å². The molecule has 1 saturated heterocycles. The van der Waals surface area contributed by atoms with Gasteiger partial charge in [0, 0.05) is 41.7 Å². The Balaban J connectivity index is 0.00000110. The van der Waals surface area contributed by atoms with Gasteiger partial charge in [-0.1, -0.05) is 34.0 Å². The van der Waals surface area contributed by atoms with Gasteiger partial charge in [0.25, 0.3) is 0 Å². The average molecular weight is 417 g/mol. The van der Waals surface area contributed by atoms with Crippen LogP contribution in [0, 0.1) is 5.92 Å². The number of piperazine rings is 1. The molecule has 6 heteroatoms. The molecule has 1 atom stereocenters. The van der Waals surface area contributed by atoms with Crippen molar-refractivity contribution in [2.45, 2.75) is 25.3 Å². The molecule has 0 bridgehead atoms. The van der Waals surface area contributed by atoms with E-state index in [2.05, 4.69) is 38.3 Å². The first-order valence-electron chi connectivity index (χ1n) is 7.15. The van der Waals surface area contributed by atoms with Gasteiger partial charge in [0.2, 0.25) is 0 Å². The summed E-state index contributed by atoms with van der Waals surface area (Å²) in [6.45, 7) is 4.48. The second-order valence-corrected chi connectivity index (χ2v) is 6.88. The molecule has 3 rings (SSSR count). The van der Waals surface area contributed by atoms with Crippen LogP contribution in [0.4, 0.5) is 0 Å². The molecule has 2 nitrogen and oxygen atoms in total. The van der Waals surface area contributed by atoms with Crippen LogP contribution in [0.5, 0.6) is 0 Å². The Morgan fingerprint density at radius 3 is 2.43 bits per heavy atom. The van der Waals surface area contributed by atoms with Crippen LogP contribution in [-0.2, 0) is 0 Å². The molecule has 120 valence electrons. The fourth-order valence-electron chi connectivity index (χ4n) is 3.21. The van der Waals surface area contributed by atoms with E-state index >= 15 is 0 Å². The first-order chi connectivity index (χ1) is 9.25. The van der Waals surface area contributed by atoms with Crippen LogP contribution in [0.15, 0.2) is 22.7 Å². The van der Waals surface area contributed by atoms with Gasteiger partial charge in [0.05, 0.1) is 0 Å². The van der Waals surface area contributed by atoms with Gasteiger partial charge >= 0.3 is 0 Å². The van der Waals surface area contributed by atoms with Gasteiger partial charge in [0.1, 0.15) is 0 Å².